The van der Waals surface area contributed by atoms with Crippen LogP contribution in [-0.4, -0.2) is 0 Å². The Morgan fingerprint density at radius 2 is 0.906 bits per heavy atom. The van der Waals surface area contributed by atoms with Crippen LogP contribution in [0.15, 0.2) is 0 Å². The van der Waals surface area contributed by atoms with Crippen molar-refractivity contribution < 1.29 is 0 Å². The highest BCUT2D eigenvalue weighted by molar-refractivity contribution is 5.14. The van der Waals surface area contributed by atoms with Gasteiger partial charge in [0, 0.05) is 0 Å². The standard InChI is InChI=1S/C30H50N2/c1-3-5-7-9-25-11-15-27(16-12-25)29(23-31)19-21-30(24-32,22-20-29)28-17-13-26(14-18-28)10-8-6-4-2/h25-28H,3-22H2,1-2H3/t25?,26?,27?,28?,29-,30-. The minimum atomic E-state index is -0.133. The molecule has 0 aromatic heterocycles. The van der Waals surface area contributed by atoms with Crippen molar-refractivity contribution in [3.8, 4) is 12.1 Å². The molecule has 0 radical (unpaired) electrons. The molecular formula is C30H50N2. The molecule has 3 aliphatic carbocycles. The highest BCUT2D eigenvalue weighted by Crippen LogP contribution is 2.57. The third kappa shape index (κ3) is 6.10. The van der Waals surface area contributed by atoms with Gasteiger partial charge in [0.15, 0.2) is 0 Å². The van der Waals surface area contributed by atoms with Gasteiger partial charge in [0.2, 0.25) is 0 Å². The lowest BCUT2D eigenvalue weighted by molar-refractivity contribution is 0.0272. The molecule has 0 atom stereocenters. The van der Waals surface area contributed by atoms with E-state index in [1.807, 2.05) is 0 Å². The zero-order valence-electron chi connectivity index (χ0n) is 21.3. The molecule has 2 nitrogen and oxygen atoms in total. The molecule has 3 rings (SSSR count). The van der Waals surface area contributed by atoms with Gasteiger partial charge >= 0.3 is 0 Å². The Morgan fingerprint density at radius 1 is 0.562 bits per heavy atom. The van der Waals surface area contributed by atoms with Gasteiger partial charge in [-0.2, -0.15) is 10.5 Å². The molecule has 3 fully saturated rings. The van der Waals surface area contributed by atoms with Crippen molar-refractivity contribution in [2.45, 2.75) is 142 Å². The van der Waals surface area contributed by atoms with Crippen molar-refractivity contribution in [1.29, 1.82) is 10.5 Å². The van der Waals surface area contributed by atoms with E-state index >= 15 is 0 Å². The fraction of sp³-hybridized carbons (Fsp3) is 0.933. The fourth-order valence-electron chi connectivity index (χ4n) is 7.74. The van der Waals surface area contributed by atoms with E-state index in [1.54, 1.807) is 0 Å². The normalized spacial score (nSPS) is 38.0. The summed E-state index contributed by atoms with van der Waals surface area (Å²) in [5.74, 6) is 2.98. The fourth-order valence-corrected chi connectivity index (χ4v) is 7.74. The van der Waals surface area contributed by atoms with E-state index in [0.29, 0.717) is 11.8 Å². The molecule has 32 heavy (non-hydrogen) atoms. The molecule has 3 saturated carbocycles. The van der Waals surface area contributed by atoms with Gasteiger partial charge in [-0.1, -0.05) is 90.9 Å². The van der Waals surface area contributed by atoms with Crippen molar-refractivity contribution in [3.63, 3.8) is 0 Å². The molecule has 0 bridgehead atoms. The van der Waals surface area contributed by atoms with Crippen LogP contribution in [0.5, 0.6) is 0 Å². The summed E-state index contributed by atoms with van der Waals surface area (Å²) in [5.41, 5.74) is -0.266. The summed E-state index contributed by atoms with van der Waals surface area (Å²) in [5, 5.41) is 20.6. The summed E-state index contributed by atoms with van der Waals surface area (Å²) in [6, 6.07) is 5.69. The van der Waals surface area contributed by atoms with Crippen LogP contribution in [0.2, 0.25) is 0 Å². The second-order valence-corrected chi connectivity index (χ2v) is 12.0. The highest BCUT2D eigenvalue weighted by atomic mass is 14.6. The van der Waals surface area contributed by atoms with Crippen LogP contribution >= 0.6 is 0 Å². The lowest BCUT2D eigenvalue weighted by Crippen LogP contribution is -2.43. The molecule has 0 amide bonds. The molecule has 180 valence electrons. The van der Waals surface area contributed by atoms with E-state index in [-0.39, 0.29) is 10.8 Å². The zero-order chi connectivity index (χ0) is 22.9. The minimum Gasteiger partial charge on any atom is -0.198 e. The smallest absolute Gasteiger partial charge is 0.0692 e. The first-order valence-corrected chi connectivity index (χ1v) is 14.4. The summed E-state index contributed by atoms with van der Waals surface area (Å²) < 4.78 is 0. The predicted octanol–water partition coefficient (Wildman–Crippen LogP) is 9.35. The lowest BCUT2D eigenvalue weighted by Gasteiger charge is -2.49. The van der Waals surface area contributed by atoms with Crippen LogP contribution in [0, 0.1) is 57.2 Å². The van der Waals surface area contributed by atoms with E-state index in [2.05, 4.69) is 26.0 Å². The number of rotatable bonds is 10. The molecule has 0 aromatic carbocycles. The van der Waals surface area contributed by atoms with Crippen molar-refractivity contribution in [2.24, 2.45) is 34.5 Å². The Balaban J connectivity index is 1.50. The van der Waals surface area contributed by atoms with E-state index in [9.17, 15) is 10.5 Å². The Labute approximate surface area is 199 Å². The summed E-state index contributed by atoms with van der Waals surface area (Å²) >= 11 is 0. The molecule has 0 saturated heterocycles. The molecule has 0 aliphatic heterocycles. The average molecular weight is 439 g/mol. The first-order chi connectivity index (χ1) is 15.6. The van der Waals surface area contributed by atoms with Gasteiger partial charge < -0.3 is 0 Å². The number of nitrogens with zero attached hydrogens (tertiary/aromatic N) is 2. The zero-order valence-corrected chi connectivity index (χ0v) is 21.3. The number of hydrogen-bond acceptors (Lipinski definition) is 2. The molecule has 0 N–H and O–H groups in total. The Hall–Kier alpha value is -1.02. The van der Waals surface area contributed by atoms with E-state index < -0.39 is 0 Å². The quantitative estimate of drug-likeness (QED) is 0.319. The largest absolute Gasteiger partial charge is 0.198 e. The molecule has 0 aromatic rings. The van der Waals surface area contributed by atoms with Gasteiger partial charge in [0.25, 0.3) is 0 Å². The monoisotopic (exact) mass is 438 g/mol. The highest BCUT2D eigenvalue weighted by Gasteiger charge is 2.51. The molecule has 2 heteroatoms. The van der Waals surface area contributed by atoms with Gasteiger partial charge in [0.1, 0.15) is 0 Å². The lowest BCUT2D eigenvalue weighted by atomic mass is 9.53. The molecular weight excluding hydrogens is 388 g/mol. The molecule has 3 aliphatic rings. The Bertz CT molecular complexity index is 558. The minimum absolute atomic E-state index is 0.133. The predicted molar refractivity (Wildman–Crippen MR) is 134 cm³/mol. The number of unbranched alkanes of at least 4 members (excludes halogenated alkanes) is 4. The van der Waals surface area contributed by atoms with Crippen LogP contribution in [-0.2, 0) is 0 Å². The van der Waals surface area contributed by atoms with E-state index in [4.69, 9.17) is 0 Å². The second-order valence-electron chi connectivity index (χ2n) is 12.0. The molecule has 0 unspecified atom stereocenters. The Kier molecular flexibility index (Phi) is 9.96. The van der Waals surface area contributed by atoms with Crippen molar-refractivity contribution in [3.05, 3.63) is 0 Å². The maximum atomic E-state index is 10.3. The van der Waals surface area contributed by atoms with Crippen LogP contribution in [0.4, 0.5) is 0 Å². The summed E-state index contributed by atoms with van der Waals surface area (Å²) in [6.45, 7) is 4.58. The molecule has 0 spiro atoms. The van der Waals surface area contributed by atoms with Crippen molar-refractivity contribution in [2.75, 3.05) is 0 Å². The number of hydrogen-bond donors (Lipinski definition) is 0. The van der Waals surface area contributed by atoms with Crippen LogP contribution in [0.1, 0.15) is 142 Å². The van der Waals surface area contributed by atoms with E-state index in [0.717, 1.165) is 37.5 Å². The second kappa shape index (κ2) is 12.4. The van der Waals surface area contributed by atoms with Gasteiger partial charge in [-0.15, -0.1) is 0 Å². The maximum Gasteiger partial charge on any atom is 0.0692 e. The first kappa shape index (κ1) is 25.6. The van der Waals surface area contributed by atoms with Crippen LogP contribution < -0.4 is 0 Å². The summed E-state index contributed by atoms with van der Waals surface area (Å²) in [7, 11) is 0. The van der Waals surface area contributed by atoms with Gasteiger partial charge in [-0.3, -0.25) is 0 Å². The van der Waals surface area contributed by atoms with Crippen molar-refractivity contribution >= 4 is 0 Å². The third-order valence-electron chi connectivity index (χ3n) is 10.2. The van der Waals surface area contributed by atoms with Crippen molar-refractivity contribution in [1.82, 2.24) is 0 Å². The van der Waals surface area contributed by atoms with Gasteiger partial charge in [-0.25, -0.2) is 0 Å². The van der Waals surface area contributed by atoms with E-state index in [1.165, 1.54) is 103 Å². The van der Waals surface area contributed by atoms with Crippen LogP contribution in [0.3, 0.4) is 0 Å². The topological polar surface area (TPSA) is 47.6 Å². The number of nitriles is 2. The maximum absolute atomic E-state index is 10.3. The van der Waals surface area contributed by atoms with Gasteiger partial charge in [0.05, 0.1) is 23.0 Å². The average Bonchev–Trinajstić information content (AvgIpc) is 2.85. The van der Waals surface area contributed by atoms with Gasteiger partial charge in [-0.05, 0) is 75.0 Å². The van der Waals surface area contributed by atoms with Crippen LogP contribution in [0.25, 0.3) is 0 Å². The summed E-state index contributed by atoms with van der Waals surface area (Å²) in [6.07, 6.45) is 25.3. The SMILES string of the molecule is CCCCCC1CCC([C@]2(C#N)CC[C@@](C#N)(C3CCC(CCCCC)CC3)CC2)CC1. The first-order valence-electron chi connectivity index (χ1n) is 14.4. The summed E-state index contributed by atoms with van der Waals surface area (Å²) in [4.78, 5) is 0. The Morgan fingerprint density at radius 3 is 1.19 bits per heavy atom. The third-order valence-corrected chi connectivity index (χ3v) is 10.2. The molecule has 0 heterocycles.